The van der Waals surface area contributed by atoms with Crippen LogP contribution in [-0.2, 0) is 15.9 Å². The van der Waals surface area contributed by atoms with E-state index in [0.717, 1.165) is 12.2 Å². The molecule has 0 bridgehead atoms. The molecule has 1 aromatic carbocycles. The van der Waals surface area contributed by atoms with Gasteiger partial charge in [0.25, 0.3) is 0 Å². The first-order valence-electron chi connectivity index (χ1n) is 6.25. The van der Waals surface area contributed by atoms with E-state index in [9.17, 15) is 0 Å². The zero-order valence-corrected chi connectivity index (χ0v) is 10.9. The van der Waals surface area contributed by atoms with E-state index in [2.05, 4.69) is 19.1 Å². The largest absolute Gasteiger partial charge is 0.488 e. The van der Waals surface area contributed by atoms with E-state index in [-0.39, 0.29) is 6.29 Å². The Morgan fingerprint density at radius 1 is 0.941 bits per heavy atom. The molecule has 0 atom stereocenters. The number of hydrogen-bond donors (Lipinski definition) is 0. The standard InChI is InChI=1S/C14H22O3/c1-4-12-7-9-13(10-8-12)17-11-14(15-5-2)16-6-3/h7-10,14H,4-6,11H2,1-3H3. The summed E-state index contributed by atoms with van der Waals surface area (Å²) in [5.74, 6) is 0.853. The van der Waals surface area contributed by atoms with Crippen molar-refractivity contribution in [1.29, 1.82) is 0 Å². The van der Waals surface area contributed by atoms with Crippen molar-refractivity contribution in [1.82, 2.24) is 0 Å². The summed E-state index contributed by atoms with van der Waals surface area (Å²) in [5.41, 5.74) is 1.31. The Bertz CT molecular complexity index is 289. The summed E-state index contributed by atoms with van der Waals surface area (Å²) in [5, 5.41) is 0. The maximum absolute atomic E-state index is 5.62. The van der Waals surface area contributed by atoms with Crippen molar-refractivity contribution >= 4 is 0 Å². The molecule has 1 aromatic rings. The van der Waals surface area contributed by atoms with Crippen LogP contribution in [0.5, 0.6) is 5.75 Å². The predicted molar refractivity (Wildman–Crippen MR) is 68.4 cm³/mol. The Balaban J connectivity index is 2.41. The van der Waals surface area contributed by atoms with Gasteiger partial charge in [0.05, 0.1) is 0 Å². The molecule has 0 N–H and O–H groups in total. The monoisotopic (exact) mass is 238 g/mol. The van der Waals surface area contributed by atoms with Crippen LogP contribution in [0.3, 0.4) is 0 Å². The van der Waals surface area contributed by atoms with Gasteiger partial charge in [0.15, 0.2) is 6.29 Å². The highest BCUT2D eigenvalue weighted by Crippen LogP contribution is 2.13. The minimum atomic E-state index is -0.282. The number of benzene rings is 1. The highest BCUT2D eigenvalue weighted by Gasteiger charge is 2.08. The van der Waals surface area contributed by atoms with Crippen LogP contribution in [0.1, 0.15) is 26.3 Å². The molecule has 0 aliphatic carbocycles. The number of ether oxygens (including phenoxy) is 3. The first kappa shape index (κ1) is 14.0. The van der Waals surface area contributed by atoms with Crippen LogP contribution in [0.2, 0.25) is 0 Å². The van der Waals surface area contributed by atoms with Crippen LogP contribution < -0.4 is 4.74 Å². The van der Waals surface area contributed by atoms with Gasteiger partial charge >= 0.3 is 0 Å². The fraction of sp³-hybridized carbons (Fsp3) is 0.571. The molecule has 17 heavy (non-hydrogen) atoms. The van der Waals surface area contributed by atoms with Crippen molar-refractivity contribution in [3.8, 4) is 5.75 Å². The van der Waals surface area contributed by atoms with Gasteiger partial charge in [-0.1, -0.05) is 19.1 Å². The van der Waals surface area contributed by atoms with Crippen molar-refractivity contribution in [2.24, 2.45) is 0 Å². The second kappa shape index (κ2) is 8.09. The van der Waals surface area contributed by atoms with Gasteiger partial charge in [-0.3, -0.25) is 0 Å². The molecule has 3 heteroatoms. The second-order valence-corrected chi connectivity index (χ2v) is 3.65. The van der Waals surface area contributed by atoms with Gasteiger partial charge in [-0.25, -0.2) is 0 Å². The van der Waals surface area contributed by atoms with E-state index in [4.69, 9.17) is 14.2 Å². The second-order valence-electron chi connectivity index (χ2n) is 3.65. The Morgan fingerprint density at radius 2 is 1.53 bits per heavy atom. The van der Waals surface area contributed by atoms with Crippen molar-refractivity contribution in [3.05, 3.63) is 29.8 Å². The van der Waals surface area contributed by atoms with Crippen LogP contribution in [0, 0.1) is 0 Å². The molecule has 0 unspecified atom stereocenters. The lowest BCUT2D eigenvalue weighted by atomic mass is 10.2. The average Bonchev–Trinajstić information content (AvgIpc) is 2.37. The van der Waals surface area contributed by atoms with Gasteiger partial charge in [0.1, 0.15) is 12.4 Å². The smallest absolute Gasteiger partial charge is 0.191 e. The molecule has 0 radical (unpaired) electrons. The van der Waals surface area contributed by atoms with Gasteiger partial charge in [-0.15, -0.1) is 0 Å². The summed E-state index contributed by atoms with van der Waals surface area (Å²) in [7, 11) is 0. The summed E-state index contributed by atoms with van der Waals surface area (Å²) in [4.78, 5) is 0. The lowest BCUT2D eigenvalue weighted by molar-refractivity contribution is -0.152. The van der Waals surface area contributed by atoms with Gasteiger partial charge in [0.2, 0.25) is 0 Å². The summed E-state index contributed by atoms with van der Waals surface area (Å²) in [6.45, 7) is 7.71. The van der Waals surface area contributed by atoms with Crippen molar-refractivity contribution in [2.75, 3.05) is 19.8 Å². The van der Waals surface area contributed by atoms with E-state index in [1.807, 2.05) is 26.0 Å². The van der Waals surface area contributed by atoms with Crippen LogP contribution in [0.4, 0.5) is 0 Å². The topological polar surface area (TPSA) is 27.7 Å². The SMILES string of the molecule is CCOC(COc1ccc(CC)cc1)OCC. The molecule has 96 valence electrons. The maximum Gasteiger partial charge on any atom is 0.191 e. The quantitative estimate of drug-likeness (QED) is 0.651. The highest BCUT2D eigenvalue weighted by atomic mass is 16.7. The van der Waals surface area contributed by atoms with Crippen molar-refractivity contribution < 1.29 is 14.2 Å². The third kappa shape index (κ3) is 5.20. The molecule has 0 aromatic heterocycles. The van der Waals surface area contributed by atoms with Crippen molar-refractivity contribution in [3.63, 3.8) is 0 Å². The minimum Gasteiger partial charge on any atom is -0.488 e. The van der Waals surface area contributed by atoms with E-state index in [0.29, 0.717) is 19.8 Å². The lowest BCUT2D eigenvalue weighted by Crippen LogP contribution is -2.25. The third-order valence-corrected chi connectivity index (χ3v) is 2.42. The molecule has 3 nitrogen and oxygen atoms in total. The average molecular weight is 238 g/mol. The van der Waals surface area contributed by atoms with Crippen molar-refractivity contribution in [2.45, 2.75) is 33.5 Å². The zero-order chi connectivity index (χ0) is 12.5. The van der Waals surface area contributed by atoms with E-state index < -0.39 is 0 Å². The Morgan fingerprint density at radius 3 is 2.00 bits per heavy atom. The molecule has 0 heterocycles. The molecule has 0 amide bonds. The molecular formula is C14H22O3. The molecule has 0 fully saturated rings. The first-order chi connectivity index (χ1) is 8.30. The fourth-order valence-electron chi connectivity index (χ4n) is 1.50. The maximum atomic E-state index is 5.62. The van der Waals surface area contributed by atoms with Crippen LogP contribution in [-0.4, -0.2) is 26.1 Å². The first-order valence-corrected chi connectivity index (χ1v) is 6.25. The molecule has 0 saturated heterocycles. The van der Waals surface area contributed by atoms with Gasteiger partial charge in [0, 0.05) is 13.2 Å². The Kier molecular flexibility index (Phi) is 6.67. The van der Waals surface area contributed by atoms with Gasteiger partial charge in [-0.2, -0.15) is 0 Å². The van der Waals surface area contributed by atoms with E-state index in [1.165, 1.54) is 5.56 Å². The lowest BCUT2D eigenvalue weighted by Gasteiger charge is -2.17. The molecule has 0 spiro atoms. The number of aryl methyl sites for hydroxylation is 1. The summed E-state index contributed by atoms with van der Waals surface area (Å²) in [6.07, 6.45) is 0.761. The van der Waals surface area contributed by atoms with E-state index >= 15 is 0 Å². The Labute approximate surface area is 104 Å². The molecule has 0 aliphatic heterocycles. The van der Waals surface area contributed by atoms with Gasteiger partial charge in [-0.05, 0) is 38.0 Å². The number of hydrogen-bond acceptors (Lipinski definition) is 3. The molecule has 1 rings (SSSR count). The zero-order valence-electron chi connectivity index (χ0n) is 10.9. The summed E-state index contributed by atoms with van der Waals surface area (Å²) >= 11 is 0. The normalized spacial score (nSPS) is 10.8. The summed E-state index contributed by atoms with van der Waals surface area (Å²) < 4.78 is 16.4. The van der Waals surface area contributed by atoms with E-state index in [1.54, 1.807) is 0 Å². The third-order valence-electron chi connectivity index (χ3n) is 2.42. The minimum absolute atomic E-state index is 0.282. The Hall–Kier alpha value is -1.06. The van der Waals surface area contributed by atoms with Crippen LogP contribution in [0.15, 0.2) is 24.3 Å². The highest BCUT2D eigenvalue weighted by molar-refractivity contribution is 5.27. The summed E-state index contributed by atoms with van der Waals surface area (Å²) in [6, 6.07) is 8.11. The molecular weight excluding hydrogens is 216 g/mol. The molecule has 0 aliphatic rings. The number of rotatable bonds is 8. The van der Waals surface area contributed by atoms with Gasteiger partial charge < -0.3 is 14.2 Å². The van der Waals surface area contributed by atoms with Crippen LogP contribution >= 0.6 is 0 Å². The fourth-order valence-corrected chi connectivity index (χ4v) is 1.50. The predicted octanol–water partition coefficient (Wildman–Crippen LogP) is 3.03. The van der Waals surface area contributed by atoms with Crippen LogP contribution in [0.25, 0.3) is 0 Å². The molecule has 0 saturated carbocycles.